The quantitative estimate of drug-likeness (QED) is 0.749. The van der Waals surface area contributed by atoms with Gasteiger partial charge in [0.15, 0.2) is 5.79 Å². The second-order valence-electron chi connectivity index (χ2n) is 5.75. The van der Waals surface area contributed by atoms with Crippen molar-refractivity contribution in [3.63, 3.8) is 0 Å². The monoisotopic (exact) mass is 294 g/mol. The fraction of sp³-hybridized carbons (Fsp3) is 0.647. The Labute approximate surface area is 127 Å². The summed E-state index contributed by atoms with van der Waals surface area (Å²) >= 11 is 0. The first kappa shape index (κ1) is 16.3. The van der Waals surface area contributed by atoms with Crippen LogP contribution in [0.2, 0.25) is 0 Å². The molecule has 0 spiro atoms. The number of methoxy groups -OCH3 is 1. The number of ether oxygens (including phenoxy) is 3. The largest absolute Gasteiger partial charge is 0.497 e. The van der Waals surface area contributed by atoms with Crippen LogP contribution in [0.15, 0.2) is 24.3 Å². The summed E-state index contributed by atoms with van der Waals surface area (Å²) in [5.41, 5.74) is 1.26. The molecular formula is C17H26O4. The summed E-state index contributed by atoms with van der Waals surface area (Å²) in [5.74, 6) is 0.395. The molecule has 1 N–H and O–H groups in total. The van der Waals surface area contributed by atoms with E-state index in [1.807, 2.05) is 19.1 Å². The first-order valence-corrected chi connectivity index (χ1v) is 7.71. The average molecular weight is 294 g/mol. The Morgan fingerprint density at radius 3 is 2.71 bits per heavy atom. The Morgan fingerprint density at radius 2 is 2.05 bits per heavy atom. The predicted octanol–water partition coefficient (Wildman–Crippen LogP) is 2.92. The molecule has 1 aliphatic heterocycles. The van der Waals surface area contributed by atoms with E-state index in [1.54, 1.807) is 7.11 Å². The summed E-state index contributed by atoms with van der Waals surface area (Å²) in [4.78, 5) is 0. The normalized spacial score (nSPS) is 25.2. The van der Waals surface area contributed by atoms with Gasteiger partial charge < -0.3 is 19.3 Å². The van der Waals surface area contributed by atoms with E-state index < -0.39 is 5.79 Å². The van der Waals surface area contributed by atoms with E-state index in [4.69, 9.17) is 19.3 Å². The molecule has 0 bridgehead atoms. The Morgan fingerprint density at radius 1 is 1.29 bits per heavy atom. The molecule has 4 nitrogen and oxygen atoms in total. The highest BCUT2D eigenvalue weighted by Gasteiger charge is 2.36. The standard InChI is InChI=1S/C17H26O4/c1-17(20-13-16(21-17)5-3-4-12-18)11-10-14-6-8-15(19-2)9-7-14/h6-9,16,18H,3-5,10-13H2,1-2H3/t16-,17-/m1/s1. The van der Waals surface area contributed by atoms with Crippen LogP contribution in [0.3, 0.4) is 0 Å². The second-order valence-corrected chi connectivity index (χ2v) is 5.75. The molecule has 0 unspecified atom stereocenters. The van der Waals surface area contributed by atoms with Gasteiger partial charge in [-0.05, 0) is 50.3 Å². The van der Waals surface area contributed by atoms with Crippen molar-refractivity contribution in [3.05, 3.63) is 29.8 Å². The third kappa shape index (κ3) is 4.99. The third-order valence-corrected chi connectivity index (χ3v) is 3.95. The Bertz CT molecular complexity index is 417. The Balaban J connectivity index is 1.76. The third-order valence-electron chi connectivity index (χ3n) is 3.95. The molecule has 21 heavy (non-hydrogen) atoms. The van der Waals surface area contributed by atoms with Crippen LogP contribution in [0, 0.1) is 0 Å². The number of aliphatic hydroxyl groups is 1. The van der Waals surface area contributed by atoms with Gasteiger partial charge in [0.2, 0.25) is 0 Å². The lowest BCUT2D eigenvalue weighted by atomic mass is 10.1. The van der Waals surface area contributed by atoms with E-state index >= 15 is 0 Å². The molecule has 0 radical (unpaired) electrons. The van der Waals surface area contributed by atoms with Gasteiger partial charge in [0.25, 0.3) is 0 Å². The number of benzene rings is 1. The van der Waals surface area contributed by atoms with Gasteiger partial charge in [0.05, 0.1) is 19.8 Å². The smallest absolute Gasteiger partial charge is 0.166 e. The van der Waals surface area contributed by atoms with Crippen molar-refractivity contribution < 1.29 is 19.3 Å². The molecule has 1 aromatic rings. The first-order chi connectivity index (χ1) is 10.1. The molecule has 0 aromatic heterocycles. The molecule has 0 amide bonds. The maximum atomic E-state index is 8.81. The molecule has 1 aromatic carbocycles. The number of rotatable bonds is 8. The second kappa shape index (κ2) is 7.78. The van der Waals surface area contributed by atoms with Crippen molar-refractivity contribution >= 4 is 0 Å². The minimum atomic E-state index is -0.482. The molecule has 1 saturated heterocycles. The zero-order valence-electron chi connectivity index (χ0n) is 13.0. The number of aryl methyl sites for hydroxylation is 1. The van der Waals surface area contributed by atoms with E-state index in [9.17, 15) is 0 Å². The zero-order chi connectivity index (χ0) is 15.1. The summed E-state index contributed by atoms with van der Waals surface area (Å²) in [6.07, 6.45) is 4.71. The van der Waals surface area contributed by atoms with E-state index in [0.29, 0.717) is 6.61 Å². The summed E-state index contributed by atoms with van der Waals surface area (Å²) in [6, 6.07) is 8.11. The molecule has 118 valence electrons. The molecule has 1 heterocycles. The predicted molar refractivity (Wildman–Crippen MR) is 81.5 cm³/mol. The van der Waals surface area contributed by atoms with E-state index in [1.165, 1.54) is 5.56 Å². The van der Waals surface area contributed by atoms with Gasteiger partial charge in [-0.2, -0.15) is 0 Å². The summed E-state index contributed by atoms with van der Waals surface area (Å²) < 4.78 is 17.0. The van der Waals surface area contributed by atoms with Gasteiger partial charge in [-0.1, -0.05) is 12.1 Å². The summed E-state index contributed by atoms with van der Waals surface area (Å²) in [6.45, 7) is 2.93. The molecule has 4 heteroatoms. The first-order valence-electron chi connectivity index (χ1n) is 7.71. The van der Waals surface area contributed by atoms with Crippen molar-refractivity contribution in [2.24, 2.45) is 0 Å². The molecule has 1 aliphatic rings. The van der Waals surface area contributed by atoms with Gasteiger partial charge in [-0.3, -0.25) is 0 Å². The van der Waals surface area contributed by atoms with Crippen LogP contribution >= 0.6 is 0 Å². The van der Waals surface area contributed by atoms with E-state index in [0.717, 1.165) is 37.9 Å². The van der Waals surface area contributed by atoms with Gasteiger partial charge >= 0.3 is 0 Å². The van der Waals surface area contributed by atoms with Crippen molar-refractivity contribution in [1.29, 1.82) is 0 Å². The van der Waals surface area contributed by atoms with E-state index in [2.05, 4.69) is 12.1 Å². The maximum Gasteiger partial charge on any atom is 0.166 e. The maximum absolute atomic E-state index is 8.81. The molecule has 2 atom stereocenters. The van der Waals surface area contributed by atoms with Crippen LogP contribution in [0.1, 0.15) is 38.2 Å². The van der Waals surface area contributed by atoms with Crippen LogP contribution in [0.25, 0.3) is 0 Å². The molecule has 0 saturated carbocycles. The lowest BCUT2D eigenvalue weighted by Crippen LogP contribution is -2.27. The van der Waals surface area contributed by atoms with Crippen molar-refractivity contribution in [2.45, 2.75) is 50.9 Å². The van der Waals surface area contributed by atoms with Gasteiger partial charge in [0.1, 0.15) is 5.75 Å². The van der Waals surface area contributed by atoms with E-state index in [-0.39, 0.29) is 12.7 Å². The summed E-state index contributed by atoms with van der Waals surface area (Å²) in [5, 5.41) is 8.81. The number of hydrogen-bond acceptors (Lipinski definition) is 4. The highest BCUT2D eigenvalue weighted by atomic mass is 16.7. The highest BCUT2D eigenvalue weighted by Crippen LogP contribution is 2.30. The van der Waals surface area contributed by atoms with Crippen LogP contribution in [-0.2, 0) is 15.9 Å². The fourth-order valence-electron chi connectivity index (χ4n) is 2.61. The lowest BCUT2D eigenvalue weighted by Gasteiger charge is -2.23. The topological polar surface area (TPSA) is 47.9 Å². The zero-order valence-corrected chi connectivity index (χ0v) is 13.0. The van der Waals surface area contributed by atoms with Gasteiger partial charge in [-0.25, -0.2) is 0 Å². The highest BCUT2D eigenvalue weighted by molar-refractivity contribution is 5.27. The minimum Gasteiger partial charge on any atom is -0.497 e. The average Bonchev–Trinajstić information content (AvgIpc) is 2.88. The van der Waals surface area contributed by atoms with Crippen molar-refractivity contribution in [3.8, 4) is 5.75 Å². The fourth-order valence-corrected chi connectivity index (χ4v) is 2.61. The SMILES string of the molecule is COc1ccc(CC[C@]2(C)OC[C@@H](CCCCO)O2)cc1. The van der Waals surface area contributed by atoms with Crippen LogP contribution in [0.4, 0.5) is 0 Å². The number of unbranched alkanes of at least 4 members (excludes halogenated alkanes) is 1. The molecular weight excluding hydrogens is 268 g/mol. The Hall–Kier alpha value is -1.10. The Kier molecular flexibility index (Phi) is 6.03. The van der Waals surface area contributed by atoms with Crippen LogP contribution in [0.5, 0.6) is 5.75 Å². The van der Waals surface area contributed by atoms with Crippen molar-refractivity contribution in [2.75, 3.05) is 20.3 Å². The van der Waals surface area contributed by atoms with Gasteiger partial charge in [-0.15, -0.1) is 0 Å². The summed E-state index contributed by atoms with van der Waals surface area (Å²) in [7, 11) is 1.67. The minimum absolute atomic E-state index is 0.164. The van der Waals surface area contributed by atoms with Crippen molar-refractivity contribution in [1.82, 2.24) is 0 Å². The molecule has 0 aliphatic carbocycles. The number of hydrogen-bond donors (Lipinski definition) is 1. The molecule has 1 fully saturated rings. The molecule has 2 rings (SSSR count). The lowest BCUT2D eigenvalue weighted by molar-refractivity contribution is -0.158. The van der Waals surface area contributed by atoms with Crippen LogP contribution in [-0.4, -0.2) is 37.3 Å². The number of aliphatic hydroxyl groups excluding tert-OH is 1. The van der Waals surface area contributed by atoms with Crippen LogP contribution < -0.4 is 4.74 Å². The van der Waals surface area contributed by atoms with Gasteiger partial charge in [0, 0.05) is 13.0 Å².